The summed E-state index contributed by atoms with van der Waals surface area (Å²) in [6.07, 6.45) is 10.0. The first-order valence-corrected chi connectivity index (χ1v) is 10.9. The highest BCUT2D eigenvalue weighted by Gasteiger charge is 2.40. The van der Waals surface area contributed by atoms with Crippen LogP contribution in [0.3, 0.4) is 0 Å². The Kier molecular flexibility index (Phi) is 7.35. The number of nitrogens with one attached hydrogen (secondary N) is 1. The molecule has 1 heterocycles. The number of carbonyl (C=O) groups excluding carboxylic acids is 2. The third-order valence-electron chi connectivity index (χ3n) is 6.37. The van der Waals surface area contributed by atoms with Crippen molar-refractivity contribution < 1.29 is 14.3 Å². The molecular weight excluding hydrogens is 352 g/mol. The zero-order chi connectivity index (χ0) is 19.8. The molecule has 0 unspecified atom stereocenters. The molecule has 1 aromatic carbocycles. The summed E-state index contributed by atoms with van der Waals surface area (Å²) >= 11 is 0. The number of rotatable bonds is 6. The van der Waals surface area contributed by atoms with E-state index < -0.39 is 5.41 Å². The van der Waals surface area contributed by atoms with Gasteiger partial charge >= 0.3 is 0 Å². The maximum Gasteiger partial charge on any atom is 0.230 e. The number of amides is 2. The summed E-state index contributed by atoms with van der Waals surface area (Å²) in [5.41, 5.74) is 0.584. The van der Waals surface area contributed by atoms with Gasteiger partial charge in [-0.25, -0.2) is 0 Å². The van der Waals surface area contributed by atoms with E-state index in [9.17, 15) is 9.59 Å². The van der Waals surface area contributed by atoms with Crippen LogP contribution < -0.4 is 10.1 Å². The number of benzene rings is 1. The van der Waals surface area contributed by atoms with Crippen molar-refractivity contribution in [2.75, 3.05) is 26.7 Å². The molecule has 3 rings (SSSR count). The number of carbonyl (C=O) groups is 2. The first-order chi connectivity index (χ1) is 13.7. The van der Waals surface area contributed by atoms with Gasteiger partial charge in [0.15, 0.2) is 0 Å². The normalized spacial score (nSPS) is 19.5. The first kappa shape index (κ1) is 20.7. The molecule has 2 aliphatic rings. The molecule has 5 nitrogen and oxygen atoms in total. The minimum absolute atomic E-state index is 0.0704. The molecule has 0 radical (unpaired) electrons. The monoisotopic (exact) mass is 386 g/mol. The van der Waals surface area contributed by atoms with Crippen molar-refractivity contribution in [3.05, 3.63) is 29.8 Å². The Hall–Kier alpha value is -2.04. The van der Waals surface area contributed by atoms with E-state index in [1.54, 1.807) is 7.11 Å². The number of nitrogens with zero attached hydrogens (tertiary/aromatic N) is 1. The molecular formula is C23H34N2O3. The largest absolute Gasteiger partial charge is 0.497 e. The van der Waals surface area contributed by atoms with Gasteiger partial charge in [0.2, 0.25) is 11.8 Å². The van der Waals surface area contributed by atoms with E-state index in [4.69, 9.17) is 4.74 Å². The molecule has 28 heavy (non-hydrogen) atoms. The predicted molar refractivity (Wildman–Crippen MR) is 110 cm³/mol. The lowest BCUT2D eigenvalue weighted by atomic mass is 9.68. The highest BCUT2D eigenvalue weighted by molar-refractivity contribution is 5.89. The van der Waals surface area contributed by atoms with E-state index in [-0.39, 0.29) is 11.8 Å². The third-order valence-corrected chi connectivity index (χ3v) is 6.37. The van der Waals surface area contributed by atoms with E-state index in [1.165, 1.54) is 19.3 Å². The zero-order valence-corrected chi connectivity index (χ0v) is 17.2. The van der Waals surface area contributed by atoms with Gasteiger partial charge in [-0.1, -0.05) is 44.2 Å². The average Bonchev–Trinajstić information content (AvgIpc) is 3.04. The van der Waals surface area contributed by atoms with E-state index in [1.807, 2.05) is 29.2 Å². The summed E-state index contributed by atoms with van der Waals surface area (Å²) in [5.74, 6) is 1.04. The summed E-state index contributed by atoms with van der Waals surface area (Å²) in [6, 6.07) is 7.90. The Labute approximate surface area is 168 Å². The quantitative estimate of drug-likeness (QED) is 0.809. The molecule has 1 aliphatic heterocycles. The van der Waals surface area contributed by atoms with Crippen molar-refractivity contribution in [1.82, 2.24) is 10.2 Å². The number of hydrogen-bond donors (Lipinski definition) is 1. The lowest BCUT2D eigenvalue weighted by Gasteiger charge is -2.36. The van der Waals surface area contributed by atoms with Gasteiger partial charge in [-0.05, 0) is 43.4 Å². The van der Waals surface area contributed by atoms with Gasteiger partial charge in [0.1, 0.15) is 5.75 Å². The lowest BCUT2D eigenvalue weighted by Crippen LogP contribution is -2.46. The fourth-order valence-electron chi connectivity index (χ4n) is 4.64. The van der Waals surface area contributed by atoms with Crippen LogP contribution >= 0.6 is 0 Å². The summed E-state index contributed by atoms with van der Waals surface area (Å²) in [6.45, 7) is 2.15. The molecule has 2 amide bonds. The van der Waals surface area contributed by atoms with Crippen LogP contribution in [0.25, 0.3) is 0 Å². The van der Waals surface area contributed by atoms with Crippen LogP contribution in [-0.4, -0.2) is 43.5 Å². The molecule has 1 N–H and O–H groups in total. The van der Waals surface area contributed by atoms with Crippen molar-refractivity contribution in [1.29, 1.82) is 0 Å². The summed E-state index contributed by atoms with van der Waals surface area (Å²) < 4.78 is 5.26. The van der Waals surface area contributed by atoms with Crippen molar-refractivity contribution in [3.63, 3.8) is 0 Å². The minimum atomic E-state index is -0.476. The molecule has 1 aromatic rings. The Balaban J connectivity index is 1.60. The van der Waals surface area contributed by atoms with E-state index in [0.717, 1.165) is 62.9 Å². The molecule has 0 bridgehead atoms. The van der Waals surface area contributed by atoms with Gasteiger partial charge in [-0.15, -0.1) is 0 Å². The highest BCUT2D eigenvalue weighted by atomic mass is 16.5. The van der Waals surface area contributed by atoms with Crippen molar-refractivity contribution in [3.8, 4) is 5.75 Å². The predicted octanol–water partition coefficient (Wildman–Crippen LogP) is 3.81. The van der Waals surface area contributed by atoms with Crippen LogP contribution in [0.5, 0.6) is 5.75 Å². The molecule has 0 atom stereocenters. The Morgan fingerprint density at radius 2 is 1.57 bits per heavy atom. The standard InChI is InChI=1S/C23H34N2O3/c1-28-20-11-9-19(10-12-20)23(14-5-4-6-15-23)22(27)24-16-13-21(26)25-17-7-2-3-8-18-25/h9-12H,2-8,13-18H2,1H3,(H,24,27). The molecule has 2 fully saturated rings. The van der Waals surface area contributed by atoms with Crippen molar-refractivity contribution in [2.45, 2.75) is 69.6 Å². The lowest BCUT2D eigenvalue weighted by molar-refractivity contribution is -0.131. The summed E-state index contributed by atoms with van der Waals surface area (Å²) in [5, 5.41) is 3.09. The van der Waals surface area contributed by atoms with Gasteiger partial charge in [0.05, 0.1) is 12.5 Å². The molecule has 1 saturated heterocycles. The average molecular weight is 387 g/mol. The van der Waals surface area contributed by atoms with E-state index in [2.05, 4.69) is 5.32 Å². The molecule has 0 aromatic heterocycles. The second-order valence-electron chi connectivity index (χ2n) is 8.17. The van der Waals surface area contributed by atoms with E-state index in [0.29, 0.717) is 13.0 Å². The van der Waals surface area contributed by atoms with Gasteiger partial charge in [0, 0.05) is 26.1 Å². The molecule has 5 heteroatoms. The van der Waals surface area contributed by atoms with Crippen LogP contribution in [0.4, 0.5) is 0 Å². The third kappa shape index (κ3) is 4.86. The fraction of sp³-hybridized carbons (Fsp3) is 0.652. The van der Waals surface area contributed by atoms with E-state index >= 15 is 0 Å². The molecule has 154 valence electrons. The molecule has 1 saturated carbocycles. The maximum atomic E-state index is 13.2. The Bertz CT molecular complexity index is 642. The Morgan fingerprint density at radius 1 is 0.964 bits per heavy atom. The van der Waals surface area contributed by atoms with Gasteiger partial charge in [-0.3, -0.25) is 9.59 Å². The highest BCUT2D eigenvalue weighted by Crippen LogP contribution is 2.40. The topological polar surface area (TPSA) is 58.6 Å². The van der Waals surface area contributed by atoms with Gasteiger partial charge in [0.25, 0.3) is 0 Å². The number of hydrogen-bond acceptors (Lipinski definition) is 3. The van der Waals surface area contributed by atoms with Crippen LogP contribution in [-0.2, 0) is 15.0 Å². The first-order valence-electron chi connectivity index (χ1n) is 10.9. The second kappa shape index (κ2) is 9.94. The van der Waals surface area contributed by atoms with Gasteiger partial charge in [-0.2, -0.15) is 0 Å². The molecule has 0 spiro atoms. The minimum Gasteiger partial charge on any atom is -0.497 e. The summed E-state index contributed by atoms with van der Waals surface area (Å²) in [7, 11) is 1.65. The van der Waals surface area contributed by atoms with Crippen LogP contribution in [0.15, 0.2) is 24.3 Å². The van der Waals surface area contributed by atoms with Crippen LogP contribution in [0, 0.1) is 0 Å². The Morgan fingerprint density at radius 3 is 2.18 bits per heavy atom. The van der Waals surface area contributed by atoms with Gasteiger partial charge < -0.3 is 15.0 Å². The smallest absolute Gasteiger partial charge is 0.230 e. The zero-order valence-electron chi connectivity index (χ0n) is 17.2. The molecule has 1 aliphatic carbocycles. The number of likely N-dealkylation sites (tertiary alicyclic amines) is 1. The van der Waals surface area contributed by atoms with Crippen molar-refractivity contribution >= 4 is 11.8 Å². The van der Waals surface area contributed by atoms with Crippen molar-refractivity contribution in [2.24, 2.45) is 0 Å². The number of methoxy groups -OCH3 is 1. The fourth-order valence-corrected chi connectivity index (χ4v) is 4.64. The SMILES string of the molecule is COc1ccc(C2(C(=O)NCCC(=O)N3CCCCCC3)CCCCC2)cc1. The maximum absolute atomic E-state index is 13.2. The second-order valence-corrected chi connectivity index (χ2v) is 8.17. The summed E-state index contributed by atoms with van der Waals surface area (Å²) in [4.78, 5) is 27.7. The van der Waals surface area contributed by atoms with Crippen LogP contribution in [0.2, 0.25) is 0 Å². The van der Waals surface area contributed by atoms with Crippen LogP contribution in [0.1, 0.15) is 69.8 Å². The number of ether oxygens (including phenoxy) is 1.